The van der Waals surface area contributed by atoms with Crippen molar-refractivity contribution in [3.8, 4) is 5.69 Å². The van der Waals surface area contributed by atoms with E-state index in [2.05, 4.69) is 15.5 Å². The molecule has 1 aliphatic heterocycles. The highest BCUT2D eigenvalue weighted by atomic mass is 32.2. The second-order valence-corrected chi connectivity index (χ2v) is 6.34. The molecule has 7 nitrogen and oxygen atoms in total. The molecule has 1 amide bonds. The molecule has 1 aromatic heterocycles. The fraction of sp³-hybridized carbons (Fsp3) is 0.467. The Bertz CT molecular complexity index is 648. The van der Waals surface area contributed by atoms with E-state index >= 15 is 0 Å². The van der Waals surface area contributed by atoms with Gasteiger partial charge in [0, 0.05) is 13.1 Å². The number of hydrogen-bond donors (Lipinski definition) is 0. The van der Waals surface area contributed by atoms with Crippen molar-refractivity contribution in [2.45, 2.75) is 18.8 Å². The summed E-state index contributed by atoms with van der Waals surface area (Å²) in [5.41, 5.74) is 0.918. The molecule has 122 valence electrons. The van der Waals surface area contributed by atoms with Crippen LogP contribution < -0.4 is 0 Å². The van der Waals surface area contributed by atoms with E-state index in [1.165, 1.54) is 11.8 Å². The zero-order valence-corrected chi connectivity index (χ0v) is 13.8. The Morgan fingerprint density at radius 3 is 3.00 bits per heavy atom. The van der Waals surface area contributed by atoms with Crippen LogP contribution in [0.15, 0.2) is 30.3 Å². The minimum atomic E-state index is 0.114. The Balaban J connectivity index is 1.53. The van der Waals surface area contributed by atoms with Crippen molar-refractivity contribution < 1.29 is 9.53 Å². The van der Waals surface area contributed by atoms with Gasteiger partial charge in [0.1, 0.15) is 0 Å². The molecule has 0 N–H and O–H groups in total. The quantitative estimate of drug-likeness (QED) is 0.817. The van der Waals surface area contributed by atoms with Crippen molar-refractivity contribution in [1.82, 2.24) is 25.1 Å². The van der Waals surface area contributed by atoms with Gasteiger partial charge in [-0.2, -0.15) is 4.68 Å². The SMILES string of the molecule is C[C@@H]1CN(C(=O)CSCc2nnnn2-c2ccccc2)CCO1. The maximum Gasteiger partial charge on any atom is 0.232 e. The zero-order chi connectivity index (χ0) is 16.1. The Morgan fingerprint density at radius 1 is 1.39 bits per heavy atom. The maximum atomic E-state index is 12.2. The van der Waals surface area contributed by atoms with Crippen LogP contribution in [0.25, 0.3) is 5.69 Å². The normalized spacial score (nSPS) is 18.1. The van der Waals surface area contributed by atoms with Crippen LogP contribution in [-0.2, 0) is 15.3 Å². The van der Waals surface area contributed by atoms with E-state index in [0.717, 1.165) is 11.5 Å². The molecule has 1 aromatic carbocycles. The molecule has 1 aliphatic rings. The third-order valence-electron chi connectivity index (χ3n) is 3.59. The first-order valence-corrected chi connectivity index (χ1v) is 8.69. The Morgan fingerprint density at radius 2 is 2.22 bits per heavy atom. The summed E-state index contributed by atoms with van der Waals surface area (Å²) in [6.07, 6.45) is 0.114. The van der Waals surface area contributed by atoms with E-state index in [1.54, 1.807) is 4.68 Å². The number of rotatable bonds is 5. The summed E-state index contributed by atoms with van der Waals surface area (Å²) in [5.74, 6) is 1.90. The molecule has 8 heteroatoms. The molecule has 0 radical (unpaired) electrons. The highest BCUT2D eigenvalue weighted by molar-refractivity contribution is 7.99. The van der Waals surface area contributed by atoms with Crippen LogP contribution in [0.5, 0.6) is 0 Å². The molecule has 1 atom stereocenters. The van der Waals surface area contributed by atoms with Crippen LogP contribution in [0.2, 0.25) is 0 Å². The number of carbonyl (C=O) groups excluding carboxylic acids is 1. The van der Waals surface area contributed by atoms with E-state index < -0.39 is 0 Å². The predicted molar refractivity (Wildman–Crippen MR) is 87.3 cm³/mol. The minimum Gasteiger partial charge on any atom is -0.375 e. The highest BCUT2D eigenvalue weighted by Crippen LogP contribution is 2.15. The number of morpholine rings is 1. The zero-order valence-electron chi connectivity index (χ0n) is 13.0. The lowest BCUT2D eigenvalue weighted by molar-refractivity contribution is -0.135. The summed E-state index contributed by atoms with van der Waals surface area (Å²) >= 11 is 1.53. The van der Waals surface area contributed by atoms with Gasteiger partial charge in [0.2, 0.25) is 5.91 Å². The van der Waals surface area contributed by atoms with E-state index in [9.17, 15) is 4.79 Å². The van der Waals surface area contributed by atoms with Crippen molar-refractivity contribution in [2.24, 2.45) is 0 Å². The number of aromatic nitrogens is 4. The highest BCUT2D eigenvalue weighted by Gasteiger charge is 2.21. The number of ether oxygens (including phenoxy) is 1. The van der Waals surface area contributed by atoms with Crippen LogP contribution in [0.4, 0.5) is 0 Å². The van der Waals surface area contributed by atoms with Gasteiger partial charge >= 0.3 is 0 Å². The van der Waals surface area contributed by atoms with Crippen molar-refractivity contribution in [3.63, 3.8) is 0 Å². The van der Waals surface area contributed by atoms with Gasteiger partial charge in [0.25, 0.3) is 0 Å². The van der Waals surface area contributed by atoms with Crippen molar-refractivity contribution in [2.75, 3.05) is 25.4 Å². The lowest BCUT2D eigenvalue weighted by Crippen LogP contribution is -2.45. The molecule has 0 aliphatic carbocycles. The second-order valence-electron chi connectivity index (χ2n) is 5.36. The number of carbonyl (C=O) groups is 1. The predicted octanol–water partition coefficient (Wildman–Crippen LogP) is 1.14. The number of nitrogens with zero attached hydrogens (tertiary/aromatic N) is 5. The van der Waals surface area contributed by atoms with Crippen LogP contribution in [0.3, 0.4) is 0 Å². The van der Waals surface area contributed by atoms with E-state index in [1.807, 2.05) is 42.2 Å². The lowest BCUT2D eigenvalue weighted by Gasteiger charge is -2.31. The van der Waals surface area contributed by atoms with Crippen LogP contribution in [0, 0.1) is 0 Å². The van der Waals surface area contributed by atoms with Gasteiger partial charge < -0.3 is 9.64 Å². The summed E-state index contributed by atoms with van der Waals surface area (Å²) in [5, 5.41) is 11.8. The monoisotopic (exact) mass is 333 g/mol. The number of amides is 1. The summed E-state index contributed by atoms with van der Waals surface area (Å²) in [7, 11) is 0. The molecule has 0 saturated carbocycles. The first kappa shape index (κ1) is 15.9. The molecule has 2 heterocycles. The van der Waals surface area contributed by atoms with E-state index in [4.69, 9.17) is 4.74 Å². The topological polar surface area (TPSA) is 73.1 Å². The number of para-hydroxylation sites is 1. The first-order chi connectivity index (χ1) is 11.2. The largest absolute Gasteiger partial charge is 0.375 e. The summed E-state index contributed by atoms with van der Waals surface area (Å²) in [6.45, 7) is 3.94. The van der Waals surface area contributed by atoms with Crippen molar-refractivity contribution in [1.29, 1.82) is 0 Å². The van der Waals surface area contributed by atoms with Gasteiger partial charge in [-0.15, -0.1) is 16.9 Å². The Labute approximate surface area is 139 Å². The average molecular weight is 333 g/mol. The lowest BCUT2D eigenvalue weighted by atomic mass is 10.3. The van der Waals surface area contributed by atoms with Crippen molar-refractivity contribution >= 4 is 17.7 Å². The van der Waals surface area contributed by atoms with Gasteiger partial charge in [-0.3, -0.25) is 4.79 Å². The molecular formula is C15H19N5O2S. The van der Waals surface area contributed by atoms with Gasteiger partial charge in [-0.05, 0) is 29.5 Å². The van der Waals surface area contributed by atoms with Gasteiger partial charge in [0.15, 0.2) is 5.82 Å². The third kappa shape index (κ3) is 4.08. The van der Waals surface area contributed by atoms with Gasteiger partial charge in [-0.1, -0.05) is 18.2 Å². The molecule has 1 saturated heterocycles. The maximum absolute atomic E-state index is 12.2. The smallest absolute Gasteiger partial charge is 0.232 e. The molecular weight excluding hydrogens is 314 g/mol. The summed E-state index contributed by atoms with van der Waals surface area (Å²) in [6, 6.07) is 9.73. The third-order valence-corrected chi connectivity index (χ3v) is 4.50. The van der Waals surface area contributed by atoms with Crippen LogP contribution in [0.1, 0.15) is 12.7 Å². The molecule has 1 fully saturated rings. The number of thioether (sulfide) groups is 1. The standard InChI is InChI=1S/C15H19N5O2S/c1-12-9-19(7-8-22-12)15(21)11-23-10-14-16-17-18-20(14)13-5-3-2-4-6-13/h2-6,12H,7-11H2,1H3/t12-/m1/s1. The number of hydrogen-bond acceptors (Lipinski definition) is 6. The van der Waals surface area contributed by atoms with Crippen LogP contribution in [-0.4, -0.2) is 62.6 Å². The fourth-order valence-corrected chi connectivity index (χ4v) is 3.25. The molecule has 0 unspecified atom stereocenters. The second kappa shape index (κ2) is 7.56. The van der Waals surface area contributed by atoms with E-state index in [-0.39, 0.29) is 12.0 Å². The van der Waals surface area contributed by atoms with Gasteiger partial charge in [-0.25, -0.2) is 0 Å². The minimum absolute atomic E-state index is 0.114. The number of benzene rings is 1. The first-order valence-electron chi connectivity index (χ1n) is 7.54. The van der Waals surface area contributed by atoms with Crippen molar-refractivity contribution in [3.05, 3.63) is 36.2 Å². The Hall–Kier alpha value is -1.93. The summed E-state index contributed by atoms with van der Waals surface area (Å²) in [4.78, 5) is 14.1. The van der Waals surface area contributed by atoms with Gasteiger partial charge in [0.05, 0.1) is 29.9 Å². The summed E-state index contributed by atoms with van der Waals surface area (Å²) < 4.78 is 7.16. The molecule has 0 bridgehead atoms. The van der Waals surface area contributed by atoms with Crippen LogP contribution >= 0.6 is 11.8 Å². The molecule has 3 rings (SSSR count). The molecule has 0 spiro atoms. The molecule has 2 aromatic rings. The Kier molecular flexibility index (Phi) is 5.24. The van der Waals surface area contributed by atoms with E-state index in [0.29, 0.717) is 31.2 Å². The molecule has 23 heavy (non-hydrogen) atoms. The number of tetrazole rings is 1. The fourth-order valence-electron chi connectivity index (χ4n) is 2.43. The average Bonchev–Trinajstić information content (AvgIpc) is 3.04.